The molecular weight excluding hydrogens is 321 g/mol. The molecule has 1 saturated heterocycles. The van der Waals surface area contributed by atoms with Gasteiger partial charge in [-0.1, -0.05) is 13.8 Å². The van der Waals surface area contributed by atoms with Gasteiger partial charge in [-0.25, -0.2) is 3.63 Å². The van der Waals surface area contributed by atoms with Gasteiger partial charge in [0.1, 0.15) is 5.78 Å². The molecule has 10 heteroatoms. The second-order valence-corrected chi connectivity index (χ2v) is 9.67. The molecule has 0 saturated carbocycles. The first kappa shape index (κ1) is 17.7. The largest absolute Gasteiger partial charge is 0.523 e. The molecule has 0 aromatic rings. The second-order valence-electron chi connectivity index (χ2n) is 4.72. The lowest BCUT2D eigenvalue weighted by molar-refractivity contribution is -0.119. The zero-order chi connectivity index (χ0) is 15.6. The Bertz CT molecular complexity index is 452. The molecule has 0 aromatic carbocycles. The Kier molecular flexibility index (Phi) is 5.50. The molecule has 0 aromatic heterocycles. The fraction of sp³-hybridized carbons (Fsp3) is 0.900. The lowest BCUT2D eigenvalue weighted by Gasteiger charge is -2.40. The van der Waals surface area contributed by atoms with Gasteiger partial charge in [-0.05, 0) is 0 Å². The van der Waals surface area contributed by atoms with Gasteiger partial charge in [0.25, 0.3) is 0 Å². The van der Waals surface area contributed by atoms with Crippen molar-refractivity contribution in [1.82, 2.24) is 0 Å². The van der Waals surface area contributed by atoms with Gasteiger partial charge in [0.15, 0.2) is 0 Å². The van der Waals surface area contributed by atoms with E-state index in [1.54, 1.807) is 13.8 Å². The predicted molar refractivity (Wildman–Crippen MR) is 68.9 cm³/mol. The van der Waals surface area contributed by atoms with Crippen molar-refractivity contribution in [2.45, 2.75) is 19.4 Å². The van der Waals surface area contributed by atoms with E-state index in [4.69, 9.17) is 4.74 Å². The third-order valence-corrected chi connectivity index (χ3v) is 7.84. The summed E-state index contributed by atoms with van der Waals surface area (Å²) < 4.78 is 69.2. The molecule has 0 bridgehead atoms. The molecule has 5 nitrogen and oxygen atoms in total. The maximum atomic E-state index is 12.4. The number of halogens is 3. The fourth-order valence-electron chi connectivity index (χ4n) is 1.52. The van der Waals surface area contributed by atoms with Gasteiger partial charge in [0.2, 0.25) is 0 Å². The van der Waals surface area contributed by atoms with Gasteiger partial charge in [-0.15, -0.1) is 10.3 Å². The van der Waals surface area contributed by atoms with Crippen LogP contribution < -0.4 is 0 Å². The minimum absolute atomic E-state index is 0.0147. The van der Waals surface area contributed by atoms with Crippen molar-refractivity contribution in [3.63, 3.8) is 0 Å². The molecule has 1 heterocycles. The van der Waals surface area contributed by atoms with Crippen molar-refractivity contribution >= 4 is 26.2 Å². The molecule has 120 valence electrons. The van der Waals surface area contributed by atoms with Crippen LogP contribution in [0.15, 0.2) is 0 Å². The minimum Gasteiger partial charge on any atom is -0.380 e. The van der Waals surface area contributed by atoms with Gasteiger partial charge < -0.3 is 4.74 Å². The zero-order valence-electron chi connectivity index (χ0n) is 11.1. The van der Waals surface area contributed by atoms with Crippen molar-refractivity contribution in [3.8, 4) is 0 Å². The summed E-state index contributed by atoms with van der Waals surface area (Å²) in [7, 11) is -8.36. The van der Waals surface area contributed by atoms with Crippen LogP contribution in [0.5, 0.6) is 0 Å². The van der Waals surface area contributed by atoms with E-state index in [0.717, 1.165) is 0 Å². The van der Waals surface area contributed by atoms with Crippen molar-refractivity contribution in [3.05, 3.63) is 0 Å². The summed E-state index contributed by atoms with van der Waals surface area (Å²) >= 11 is 0. The molecule has 1 aliphatic rings. The zero-order valence-corrected chi connectivity index (χ0v) is 12.7. The normalized spacial score (nSPS) is 21.7. The third kappa shape index (κ3) is 4.34. The van der Waals surface area contributed by atoms with Crippen LogP contribution in [0.25, 0.3) is 0 Å². The van der Waals surface area contributed by atoms with Gasteiger partial charge in [0.05, 0.1) is 19.0 Å². The Morgan fingerprint density at radius 1 is 1.30 bits per heavy atom. The molecule has 0 amide bonds. The van der Waals surface area contributed by atoms with Crippen molar-refractivity contribution in [2.24, 2.45) is 5.92 Å². The van der Waals surface area contributed by atoms with Gasteiger partial charge in [-0.3, -0.25) is 4.79 Å². The van der Waals surface area contributed by atoms with Crippen molar-refractivity contribution < 1.29 is 34.7 Å². The van der Waals surface area contributed by atoms with Crippen LogP contribution in [-0.4, -0.2) is 50.2 Å². The maximum absolute atomic E-state index is 12.4. The highest BCUT2D eigenvalue weighted by molar-refractivity contribution is 8.33. The van der Waals surface area contributed by atoms with E-state index in [2.05, 4.69) is 3.63 Å². The molecule has 0 radical (unpaired) electrons. The first-order valence-corrected chi connectivity index (χ1v) is 9.36. The van der Waals surface area contributed by atoms with Gasteiger partial charge in [-0.2, -0.15) is 21.6 Å². The van der Waals surface area contributed by atoms with Gasteiger partial charge >= 0.3 is 15.6 Å². The Hall–Kier alpha value is -0.320. The molecule has 0 spiro atoms. The smallest absolute Gasteiger partial charge is 0.380 e. The summed E-state index contributed by atoms with van der Waals surface area (Å²) in [6, 6.07) is 0. The summed E-state index contributed by atoms with van der Waals surface area (Å²) in [6.45, 7) is 3.39. The number of ketones is 1. The Morgan fingerprint density at radius 2 is 1.80 bits per heavy atom. The molecule has 20 heavy (non-hydrogen) atoms. The molecule has 0 N–H and O–H groups in total. The molecule has 0 aliphatic carbocycles. The fourth-order valence-corrected chi connectivity index (χ4v) is 6.27. The topological polar surface area (TPSA) is 69.7 Å². The van der Waals surface area contributed by atoms with Crippen molar-refractivity contribution in [2.75, 3.05) is 30.5 Å². The van der Waals surface area contributed by atoms with Crippen LogP contribution in [0.4, 0.5) is 13.2 Å². The van der Waals surface area contributed by atoms with E-state index < -0.39 is 25.9 Å². The highest BCUT2D eigenvalue weighted by Gasteiger charge is 2.51. The van der Waals surface area contributed by atoms with Crippen LogP contribution in [0, 0.1) is 5.92 Å². The Morgan fingerprint density at radius 3 is 2.20 bits per heavy atom. The average Bonchev–Trinajstić information content (AvgIpc) is 2.27. The molecular formula is C10H17F3O5S2. The summed E-state index contributed by atoms with van der Waals surface area (Å²) in [5.41, 5.74) is -5.48. The molecule has 1 aliphatic heterocycles. The second kappa shape index (κ2) is 6.20. The van der Waals surface area contributed by atoms with Crippen LogP contribution >= 0.6 is 10.3 Å². The standard InChI is InChI=1S/C10H17F3O5S2/c1-8(2)9(14)7-19(5-3-17-4-6-19)18-20(15,16)10(11,12)13/h8H,3-7H2,1-2H3. The first-order valence-electron chi connectivity index (χ1n) is 5.88. The Balaban J connectivity index is 2.98. The molecule has 1 rings (SSSR count). The number of alkyl halides is 3. The van der Waals surface area contributed by atoms with E-state index in [0.29, 0.717) is 0 Å². The number of Topliss-reactive ketones (excluding diaryl/α,β-unsaturated/α-hetero) is 1. The number of ether oxygens (including phenoxy) is 1. The lowest BCUT2D eigenvalue weighted by atomic mass is 10.1. The van der Waals surface area contributed by atoms with Crippen molar-refractivity contribution in [1.29, 1.82) is 0 Å². The minimum atomic E-state index is -5.70. The van der Waals surface area contributed by atoms with E-state index in [9.17, 15) is 26.4 Å². The number of carbonyl (C=O) groups excluding carboxylic acids is 1. The number of rotatable bonds is 5. The molecule has 0 atom stereocenters. The van der Waals surface area contributed by atoms with E-state index in [1.807, 2.05) is 0 Å². The van der Waals surface area contributed by atoms with E-state index in [-0.39, 0.29) is 42.2 Å². The van der Waals surface area contributed by atoms with E-state index >= 15 is 0 Å². The van der Waals surface area contributed by atoms with Gasteiger partial charge in [0, 0.05) is 17.4 Å². The van der Waals surface area contributed by atoms with Crippen LogP contribution in [-0.2, 0) is 23.3 Å². The quantitative estimate of drug-likeness (QED) is 0.715. The monoisotopic (exact) mass is 338 g/mol. The highest BCUT2D eigenvalue weighted by atomic mass is 32.3. The molecule has 0 unspecified atom stereocenters. The van der Waals surface area contributed by atoms with Crippen LogP contribution in [0.2, 0.25) is 0 Å². The highest BCUT2D eigenvalue weighted by Crippen LogP contribution is 2.53. The van der Waals surface area contributed by atoms with E-state index in [1.165, 1.54) is 0 Å². The third-order valence-electron chi connectivity index (χ3n) is 2.77. The average molecular weight is 338 g/mol. The summed E-state index contributed by atoms with van der Waals surface area (Å²) in [4.78, 5) is 11.8. The summed E-state index contributed by atoms with van der Waals surface area (Å²) in [6.07, 6.45) is 0. The SMILES string of the molecule is CC(C)C(=O)CS1(OS(=O)(=O)C(F)(F)F)CCOCC1. The summed E-state index contributed by atoms with van der Waals surface area (Å²) in [5.74, 6) is -0.955. The number of hydrogen-bond acceptors (Lipinski definition) is 5. The number of carbonyl (C=O) groups is 1. The van der Waals surface area contributed by atoms with Crippen LogP contribution in [0.3, 0.4) is 0 Å². The summed E-state index contributed by atoms with van der Waals surface area (Å²) in [5, 5.41) is 0. The number of hydrogen-bond donors (Lipinski definition) is 0. The Labute approximate surface area is 117 Å². The lowest BCUT2D eigenvalue weighted by Crippen LogP contribution is -2.36. The maximum Gasteiger partial charge on any atom is 0.523 e. The predicted octanol–water partition coefficient (Wildman–Crippen LogP) is 1.83. The first-order chi connectivity index (χ1) is 8.99. The molecule has 1 fully saturated rings. The van der Waals surface area contributed by atoms with Crippen LogP contribution in [0.1, 0.15) is 13.8 Å².